The van der Waals surface area contributed by atoms with Crippen LogP contribution in [-0.4, -0.2) is 76.7 Å². The van der Waals surface area contributed by atoms with Crippen LogP contribution in [-0.2, 0) is 25.4 Å². The number of benzene rings is 1. The molecule has 2 rings (SSSR count). The van der Waals surface area contributed by atoms with Crippen molar-refractivity contribution in [2.45, 2.75) is 52.0 Å². The molecule has 1 aromatic rings. The Morgan fingerprint density at radius 2 is 1.48 bits per heavy atom. The van der Waals surface area contributed by atoms with E-state index in [0.717, 1.165) is 25.1 Å². The Balaban J connectivity index is 1.69. The van der Waals surface area contributed by atoms with Crippen LogP contribution in [0.4, 0.5) is 11.4 Å². The fourth-order valence-corrected chi connectivity index (χ4v) is 3.93. The fraction of sp³-hybridized carbons (Fsp3) is 0.750. The molecular formula is C24H42N2O5. The summed E-state index contributed by atoms with van der Waals surface area (Å²) in [6.45, 7) is 14.1. The minimum Gasteiger partial charge on any atom is -0.398 e. The van der Waals surface area contributed by atoms with E-state index in [-0.39, 0.29) is 12.1 Å². The van der Waals surface area contributed by atoms with E-state index in [9.17, 15) is 0 Å². The van der Waals surface area contributed by atoms with Crippen molar-refractivity contribution in [2.24, 2.45) is 0 Å². The van der Waals surface area contributed by atoms with Crippen LogP contribution >= 0.6 is 0 Å². The summed E-state index contributed by atoms with van der Waals surface area (Å²) in [7, 11) is 0. The molecule has 0 aromatic heterocycles. The summed E-state index contributed by atoms with van der Waals surface area (Å²) >= 11 is 0. The van der Waals surface area contributed by atoms with Gasteiger partial charge in [-0.25, -0.2) is 0 Å². The number of nitrogens with two attached hydrogens (primary N) is 1. The summed E-state index contributed by atoms with van der Waals surface area (Å²) in [6, 6.07) is 4.46. The quantitative estimate of drug-likeness (QED) is 0.322. The van der Waals surface area contributed by atoms with Crippen LogP contribution in [0, 0.1) is 0 Å². The van der Waals surface area contributed by atoms with E-state index in [4.69, 9.17) is 29.8 Å². The lowest BCUT2D eigenvalue weighted by molar-refractivity contribution is -0.00509. The number of fused-ring (bicyclic) bond motifs is 1. The molecular weight excluding hydrogens is 396 g/mol. The SMILES string of the molecule is CC(C)c1cc2c(cc1N)CCC(C)(C)N2CCOCCOCCOCCOCCO. The van der Waals surface area contributed by atoms with Crippen molar-refractivity contribution in [2.75, 3.05) is 76.6 Å². The van der Waals surface area contributed by atoms with E-state index < -0.39 is 0 Å². The zero-order valence-electron chi connectivity index (χ0n) is 19.8. The third kappa shape index (κ3) is 8.24. The summed E-state index contributed by atoms with van der Waals surface area (Å²) in [5, 5.41) is 8.61. The van der Waals surface area contributed by atoms with E-state index in [1.165, 1.54) is 16.8 Å². The number of hydrogen-bond donors (Lipinski definition) is 2. The molecule has 0 atom stereocenters. The number of rotatable bonds is 15. The maximum absolute atomic E-state index is 8.61. The number of aliphatic hydroxyl groups excluding tert-OH is 1. The van der Waals surface area contributed by atoms with Gasteiger partial charge in [0, 0.05) is 23.5 Å². The van der Waals surface area contributed by atoms with Gasteiger partial charge in [0.05, 0.1) is 59.5 Å². The van der Waals surface area contributed by atoms with Crippen molar-refractivity contribution in [3.05, 3.63) is 23.3 Å². The van der Waals surface area contributed by atoms with Crippen LogP contribution in [0.1, 0.15) is 51.2 Å². The molecule has 31 heavy (non-hydrogen) atoms. The number of ether oxygens (including phenoxy) is 4. The summed E-state index contributed by atoms with van der Waals surface area (Å²) < 4.78 is 21.9. The maximum atomic E-state index is 8.61. The van der Waals surface area contributed by atoms with Gasteiger partial charge in [0.15, 0.2) is 0 Å². The van der Waals surface area contributed by atoms with Crippen molar-refractivity contribution < 1.29 is 24.1 Å². The standard InChI is InChI=1S/C24H42N2O5/c1-19(2)21-18-23-20(17-22(21)25)5-6-24(3,4)26(23)7-9-28-11-13-30-15-16-31-14-12-29-10-8-27/h17-19,27H,5-16,25H2,1-4H3. The molecule has 0 unspecified atom stereocenters. The van der Waals surface area contributed by atoms with Crippen LogP contribution in [0.15, 0.2) is 12.1 Å². The van der Waals surface area contributed by atoms with Crippen LogP contribution in [0.2, 0.25) is 0 Å². The summed E-state index contributed by atoms with van der Waals surface area (Å²) in [5.74, 6) is 0.405. The zero-order chi connectivity index (χ0) is 22.7. The molecule has 1 aliphatic rings. The first-order valence-electron chi connectivity index (χ1n) is 11.5. The average Bonchev–Trinajstić information content (AvgIpc) is 2.72. The van der Waals surface area contributed by atoms with Gasteiger partial charge in [-0.05, 0) is 55.9 Å². The van der Waals surface area contributed by atoms with Crippen molar-refractivity contribution in [3.8, 4) is 0 Å². The van der Waals surface area contributed by atoms with E-state index in [0.29, 0.717) is 58.8 Å². The van der Waals surface area contributed by atoms with Crippen LogP contribution in [0.3, 0.4) is 0 Å². The minimum absolute atomic E-state index is 0.0402. The topological polar surface area (TPSA) is 86.4 Å². The molecule has 178 valence electrons. The van der Waals surface area contributed by atoms with E-state index in [1.54, 1.807) is 0 Å². The Morgan fingerprint density at radius 3 is 2.03 bits per heavy atom. The molecule has 7 nitrogen and oxygen atoms in total. The third-order valence-corrected chi connectivity index (χ3v) is 5.74. The lowest BCUT2D eigenvalue weighted by Crippen LogP contribution is -2.49. The van der Waals surface area contributed by atoms with Gasteiger partial charge in [0.25, 0.3) is 0 Å². The first-order valence-corrected chi connectivity index (χ1v) is 11.5. The Morgan fingerprint density at radius 1 is 0.935 bits per heavy atom. The highest BCUT2D eigenvalue weighted by molar-refractivity contribution is 5.67. The average molecular weight is 439 g/mol. The first-order chi connectivity index (χ1) is 14.9. The number of nitrogen functional groups attached to an aromatic ring is 1. The van der Waals surface area contributed by atoms with Gasteiger partial charge in [-0.2, -0.15) is 0 Å². The van der Waals surface area contributed by atoms with Gasteiger partial charge >= 0.3 is 0 Å². The number of anilines is 2. The minimum atomic E-state index is 0.0402. The largest absolute Gasteiger partial charge is 0.398 e. The molecule has 1 heterocycles. The number of nitrogens with zero attached hydrogens (tertiary/aromatic N) is 1. The highest BCUT2D eigenvalue weighted by Gasteiger charge is 2.33. The van der Waals surface area contributed by atoms with Gasteiger partial charge in [-0.1, -0.05) is 13.8 Å². The molecule has 1 aromatic carbocycles. The molecule has 0 radical (unpaired) electrons. The lowest BCUT2D eigenvalue weighted by Gasteiger charge is -2.45. The van der Waals surface area contributed by atoms with Gasteiger partial charge in [-0.15, -0.1) is 0 Å². The van der Waals surface area contributed by atoms with Crippen LogP contribution in [0.5, 0.6) is 0 Å². The van der Waals surface area contributed by atoms with Crippen LogP contribution in [0.25, 0.3) is 0 Å². The summed E-state index contributed by atoms with van der Waals surface area (Å²) in [5.41, 5.74) is 11.2. The van der Waals surface area contributed by atoms with Gasteiger partial charge < -0.3 is 34.7 Å². The number of hydrogen-bond acceptors (Lipinski definition) is 7. The van der Waals surface area contributed by atoms with Crippen molar-refractivity contribution in [3.63, 3.8) is 0 Å². The van der Waals surface area contributed by atoms with Gasteiger partial charge in [-0.3, -0.25) is 0 Å². The Labute approximate surface area is 187 Å². The highest BCUT2D eigenvalue weighted by Crippen LogP contribution is 2.40. The molecule has 0 aliphatic carbocycles. The number of aliphatic hydroxyl groups is 1. The van der Waals surface area contributed by atoms with Crippen LogP contribution < -0.4 is 10.6 Å². The molecule has 0 saturated carbocycles. The predicted molar refractivity (Wildman–Crippen MR) is 125 cm³/mol. The lowest BCUT2D eigenvalue weighted by atomic mass is 9.85. The Bertz CT molecular complexity index is 651. The van der Waals surface area contributed by atoms with E-state index in [2.05, 4.69) is 44.7 Å². The first kappa shape index (κ1) is 25.9. The molecule has 1 aliphatic heterocycles. The third-order valence-electron chi connectivity index (χ3n) is 5.74. The molecule has 0 fully saturated rings. The number of aryl methyl sites for hydroxylation is 1. The second kappa shape index (κ2) is 13.2. The molecule has 0 bridgehead atoms. The van der Waals surface area contributed by atoms with Crippen molar-refractivity contribution in [1.29, 1.82) is 0 Å². The molecule has 0 saturated heterocycles. The zero-order valence-corrected chi connectivity index (χ0v) is 19.8. The Hall–Kier alpha value is -1.38. The fourth-order valence-electron chi connectivity index (χ4n) is 3.93. The molecule has 3 N–H and O–H groups in total. The Kier molecular flexibility index (Phi) is 11.0. The highest BCUT2D eigenvalue weighted by atomic mass is 16.6. The summed E-state index contributed by atoms with van der Waals surface area (Å²) in [4.78, 5) is 2.48. The monoisotopic (exact) mass is 438 g/mol. The van der Waals surface area contributed by atoms with Gasteiger partial charge in [0.1, 0.15) is 0 Å². The van der Waals surface area contributed by atoms with Crippen molar-refractivity contribution >= 4 is 11.4 Å². The van der Waals surface area contributed by atoms with Crippen molar-refractivity contribution in [1.82, 2.24) is 0 Å². The summed E-state index contributed by atoms with van der Waals surface area (Å²) in [6.07, 6.45) is 2.17. The maximum Gasteiger partial charge on any atom is 0.0701 e. The smallest absolute Gasteiger partial charge is 0.0701 e. The second-order valence-corrected chi connectivity index (χ2v) is 8.90. The molecule has 7 heteroatoms. The molecule has 0 amide bonds. The molecule has 0 spiro atoms. The van der Waals surface area contributed by atoms with Gasteiger partial charge in [0.2, 0.25) is 0 Å². The normalized spacial score (nSPS) is 15.5. The van der Waals surface area contributed by atoms with E-state index >= 15 is 0 Å². The second-order valence-electron chi connectivity index (χ2n) is 8.90. The predicted octanol–water partition coefficient (Wildman–Crippen LogP) is 2.98. The van der Waals surface area contributed by atoms with E-state index in [1.807, 2.05) is 0 Å².